The second kappa shape index (κ2) is 17.8. The third kappa shape index (κ3) is 13.4. The van der Waals surface area contributed by atoms with Crippen LogP contribution >= 0.6 is 11.8 Å². The van der Waals surface area contributed by atoms with E-state index >= 15 is 0 Å². The first-order chi connectivity index (χ1) is 16.0. The fourth-order valence-electron chi connectivity index (χ4n) is 3.04. The van der Waals surface area contributed by atoms with Crippen molar-refractivity contribution in [3.63, 3.8) is 0 Å². The Hall–Kier alpha value is -2.71. The Balaban J connectivity index is 2.14. The van der Waals surface area contributed by atoms with Gasteiger partial charge >= 0.3 is 0 Å². The highest BCUT2D eigenvalue weighted by Crippen LogP contribution is 2.12. The van der Waals surface area contributed by atoms with Crippen LogP contribution in [-0.4, -0.2) is 72.7 Å². The van der Waals surface area contributed by atoms with Gasteiger partial charge in [0, 0.05) is 25.4 Å². The Bertz CT molecular complexity index is 753. The fraction of sp³-hybridized carbons (Fsp3) is 0.440. The van der Waals surface area contributed by atoms with E-state index in [0.29, 0.717) is 43.2 Å². The second-order valence-electron chi connectivity index (χ2n) is 7.43. The summed E-state index contributed by atoms with van der Waals surface area (Å²) in [4.78, 5) is 25.8. The van der Waals surface area contributed by atoms with Gasteiger partial charge < -0.3 is 20.5 Å². The SMILES string of the molecule is C=C/C(=C\C(=C)CN1CCCCC1)OC/C=C\CNC(=O)CSCCNC(=O)/C(C=C)=C/O. The zero-order valence-electron chi connectivity index (χ0n) is 19.4. The number of amides is 2. The number of likely N-dealkylation sites (tertiary alicyclic amines) is 1. The molecule has 1 aliphatic rings. The molecule has 0 aromatic heterocycles. The number of ether oxygens (including phenoxy) is 1. The molecular weight excluding hydrogens is 438 g/mol. The summed E-state index contributed by atoms with van der Waals surface area (Å²) in [7, 11) is 0. The van der Waals surface area contributed by atoms with E-state index in [1.54, 1.807) is 6.08 Å². The Kier molecular flexibility index (Phi) is 15.3. The Labute approximate surface area is 202 Å². The molecule has 1 fully saturated rings. The molecule has 33 heavy (non-hydrogen) atoms. The zero-order chi connectivity index (χ0) is 24.3. The number of rotatable bonds is 16. The zero-order valence-corrected chi connectivity index (χ0v) is 20.2. The van der Waals surface area contributed by atoms with Gasteiger partial charge in [0.25, 0.3) is 5.91 Å². The molecule has 2 amide bonds. The van der Waals surface area contributed by atoms with Crippen LogP contribution in [-0.2, 0) is 14.3 Å². The van der Waals surface area contributed by atoms with Crippen molar-refractivity contribution in [3.05, 3.63) is 73.3 Å². The lowest BCUT2D eigenvalue weighted by Crippen LogP contribution is -2.31. The summed E-state index contributed by atoms with van der Waals surface area (Å²) in [5.74, 6) is 1.08. The summed E-state index contributed by atoms with van der Waals surface area (Å²) in [5.41, 5.74) is 1.11. The monoisotopic (exact) mass is 475 g/mol. The molecule has 0 atom stereocenters. The van der Waals surface area contributed by atoms with Crippen LogP contribution in [0.15, 0.2) is 73.3 Å². The van der Waals surface area contributed by atoms with Crippen LogP contribution in [0.1, 0.15) is 19.3 Å². The molecule has 0 aromatic carbocycles. The number of aliphatic hydroxyl groups excluding tert-OH is 1. The van der Waals surface area contributed by atoms with Crippen LogP contribution in [0, 0.1) is 0 Å². The van der Waals surface area contributed by atoms with E-state index in [1.807, 2.05) is 18.2 Å². The summed E-state index contributed by atoms with van der Waals surface area (Å²) in [5, 5.41) is 14.3. The molecule has 1 aliphatic heterocycles. The van der Waals surface area contributed by atoms with Crippen molar-refractivity contribution in [2.24, 2.45) is 0 Å². The van der Waals surface area contributed by atoms with Gasteiger partial charge in [-0.05, 0) is 49.7 Å². The molecule has 0 unspecified atom stereocenters. The predicted octanol–water partition coefficient (Wildman–Crippen LogP) is 3.26. The van der Waals surface area contributed by atoms with E-state index in [9.17, 15) is 9.59 Å². The van der Waals surface area contributed by atoms with Gasteiger partial charge in [-0.3, -0.25) is 14.5 Å². The highest BCUT2D eigenvalue weighted by molar-refractivity contribution is 7.99. The van der Waals surface area contributed by atoms with Crippen LogP contribution in [0.3, 0.4) is 0 Å². The van der Waals surface area contributed by atoms with Crippen molar-refractivity contribution in [3.8, 4) is 0 Å². The average molecular weight is 476 g/mol. The molecule has 0 aliphatic carbocycles. The fourth-order valence-corrected chi connectivity index (χ4v) is 3.72. The van der Waals surface area contributed by atoms with Gasteiger partial charge in [-0.2, -0.15) is 11.8 Å². The summed E-state index contributed by atoms with van der Waals surface area (Å²) in [6.45, 7) is 15.6. The average Bonchev–Trinajstić information content (AvgIpc) is 2.81. The molecule has 0 spiro atoms. The van der Waals surface area contributed by atoms with E-state index in [-0.39, 0.29) is 11.5 Å². The van der Waals surface area contributed by atoms with Crippen LogP contribution in [0.25, 0.3) is 0 Å². The Morgan fingerprint density at radius 2 is 1.85 bits per heavy atom. The standard InChI is InChI=1S/C25H37N3O4S/c1-4-22(19-29)25(31)27-12-16-33-20-24(30)26-11-7-10-15-32-23(5-2)17-21(3)18-28-13-8-6-9-14-28/h4-5,7,10,17,19,29H,1-3,6,8-9,11-16,18,20H2,(H,26,30)(H,27,31)/b10-7-,22-19+,23-17+. The van der Waals surface area contributed by atoms with E-state index in [4.69, 9.17) is 9.84 Å². The summed E-state index contributed by atoms with van der Waals surface area (Å²) in [6.07, 6.45) is 13.1. The van der Waals surface area contributed by atoms with E-state index in [2.05, 4.69) is 35.3 Å². The molecular formula is C25H37N3O4S. The summed E-state index contributed by atoms with van der Waals surface area (Å²) < 4.78 is 5.70. The third-order valence-electron chi connectivity index (χ3n) is 4.74. The van der Waals surface area contributed by atoms with E-state index < -0.39 is 5.91 Å². The van der Waals surface area contributed by atoms with Gasteiger partial charge in [-0.15, -0.1) is 0 Å². The molecule has 182 valence electrons. The van der Waals surface area contributed by atoms with Crippen molar-refractivity contribution in [2.45, 2.75) is 19.3 Å². The van der Waals surface area contributed by atoms with Crippen LogP contribution in [0.4, 0.5) is 0 Å². The van der Waals surface area contributed by atoms with Crippen molar-refractivity contribution < 1.29 is 19.4 Å². The minimum absolute atomic E-state index is 0.0837. The normalized spacial score (nSPS) is 15.2. The molecule has 1 rings (SSSR count). The van der Waals surface area contributed by atoms with Crippen LogP contribution in [0.5, 0.6) is 0 Å². The maximum absolute atomic E-state index is 11.8. The lowest BCUT2D eigenvalue weighted by atomic mass is 10.1. The lowest BCUT2D eigenvalue weighted by molar-refractivity contribution is -0.118. The number of allylic oxidation sites excluding steroid dienone is 1. The molecule has 1 saturated heterocycles. The van der Waals surface area contributed by atoms with Gasteiger partial charge in [0.1, 0.15) is 12.4 Å². The van der Waals surface area contributed by atoms with Crippen LogP contribution in [0.2, 0.25) is 0 Å². The molecule has 8 heteroatoms. The van der Waals surface area contributed by atoms with Crippen LogP contribution < -0.4 is 10.6 Å². The molecule has 0 saturated carbocycles. The summed E-state index contributed by atoms with van der Waals surface area (Å²) >= 11 is 1.41. The number of hydrogen-bond donors (Lipinski definition) is 3. The number of piperidine rings is 1. The van der Waals surface area contributed by atoms with Crippen molar-refractivity contribution in [1.82, 2.24) is 15.5 Å². The number of aliphatic hydroxyl groups is 1. The molecule has 0 radical (unpaired) electrons. The quantitative estimate of drug-likeness (QED) is 0.104. The second-order valence-corrected chi connectivity index (χ2v) is 8.53. The number of thioether (sulfide) groups is 1. The highest BCUT2D eigenvalue weighted by Gasteiger charge is 2.10. The number of hydrogen-bond acceptors (Lipinski definition) is 6. The maximum Gasteiger partial charge on any atom is 0.254 e. The third-order valence-corrected chi connectivity index (χ3v) is 5.70. The maximum atomic E-state index is 11.8. The van der Waals surface area contributed by atoms with Crippen molar-refractivity contribution in [2.75, 3.05) is 50.8 Å². The first-order valence-electron chi connectivity index (χ1n) is 11.1. The van der Waals surface area contributed by atoms with Gasteiger partial charge in [0.05, 0.1) is 17.6 Å². The predicted molar refractivity (Wildman–Crippen MR) is 137 cm³/mol. The largest absolute Gasteiger partial charge is 0.515 e. The Morgan fingerprint density at radius 1 is 1.09 bits per heavy atom. The topological polar surface area (TPSA) is 90.9 Å². The van der Waals surface area contributed by atoms with Gasteiger partial charge in [0.2, 0.25) is 5.91 Å². The first kappa shape index (κ1) is 28.3. The van der Waals surface area contributed by atoms with Gasteiger partial charge in [-0.25, -0.2) is 0 Å². The summed E-state index contributed by atoms with van der Waals surface area (Å²) in [6, 6.07) is 0. The van der Waals surface area contributed by atoms with E-state index in [0.717, 1.165) is 25.2 Å². The Morgan fingerprint density at radius 3 is 2.52 bits per heavy atom. The number of nitrogens with one attached hydrogen (secondary N) is 2. The first-order valence-corrected chi connectivity index (χ1v) is 12.3. The smallest absolute Gasteiger partial charge is 0.254 e. The minimum Gasteiger partial charge on any atom is -0.515 e. The number of carbonyl (C=O) groups is 2. The molecule has 1 heterocycles. The molecule has 3 N–H and O–H groups in total. The highest BCUT2D eigenvalue weighted by atomic mass is 32.2. The molecule has 7 nitrogen and oxygen atoms in total. The van der Waals surface area contributed by atoms with Crippen molar-refractivity contribution in [1.29, 1.82) is 0 Å². The van der Waals surface area contributed by atoms with Gasteiger partial charge in [0.15, 0.2) is 0 Å². The van der Waals surface area contributed by atoms with Crippen molar-refractivity contribution >= 4 is 23.6 Å². The minimum atomic E-state index is -0.398. The van der Waals surface area contributed by atoms with E-state index in [1.165, 1.54) is 37.1 Å². The lowest BCUT2D eigenvalue weighted by Gasteiger charge is -2.26. The molecule has 0 aromatic rings. The number of nitrogens with zero attached hydrogens (tertiary/aromatic N) is 1. The molecule has 0 bridgehead atoms. The number of carbonyl (C=O) groups excluding carboxylic acids is 2. The van der Waals surface area contributed by atoms with Gasteiger partial charge in [-0.1, -0.05) is 38.3 Å².